The minimum atomic E-state index is -1.67. The summed E-state index contributed by atoms with van der Waals surface area (Å²) in [5.41, 5.74) is -4.53. The molecule has 0 unspecified atom stereocenters. The van der Waals surface area contributed by atoms with Gasteiger partial charge in [-0.1, -0.05) is 46.8 Å². The van der Waals surface area contributed by atoms with Gasteiger partial charge in [-0.3, -0.25) is 5.26 Å². The molecule has 2 heterocycles. The monoisotopic (exact) mass is 832 g/mol. The maximum absolute atomic E-state index is 12.6. The first-order valence-corrected chi connectivity index (χ1v) is 21.2. The van der Waals surface area contributed by atoms with Crippen LogP contribution in [0.15, 0.2) is 12.2 Å². The molecule has 11 N–H and O–H groups in total. The van der Waals surface area contributed by atoms with Crippen LogP contribution in [0.4, 0.5) is 0 Å². The van der Waals surface area contributed by atoms with Crippen LogP contribution >= 0.6 is 0 Å². The quantitative estimate of drug-likeness (QED) is 0.0589. The van der Waals surface area contributed by atoms with Gasteiger partial charge in [-0.15, -0.1) is 0 Å². The van der Waals surface area contributed by atoms with Crippen molar-refractivity contribution in [1.82, 2.24) is 0 Å². The van der Waals surface area contributed by atoms with Crippen molar-refractivity contribution in [3.63, 3.8) is 0 Å². The first kappa shape index (κ1) is 46.6. The summed E-state index contributed by atoms with van der Waals surface area (Å²) in [7, 11) is 0. The summed E-state index contributed by atoms with van der Waals surface area (Å²) in [6.07, 6.45) is -10.1. The second-order valence-electron chi connectivity index (χ2n) is 20.7. The molecule has 0 aromatic carbocycles. The molecule has 0 spiro atoms. The van der Waals surface area contributed by atoms with E-state index in [0.29, 0.717) is 38.5 Å². The summed E-state index contributed by atoms with van der Waals surface area (Å²) in [5.74, 6) is -1.11. The van der Waals surface area contributed by atoms with Crippen LogP contribution < -0.4 is 0 Å². The topological polar surface area (TPSA) is 269 Å². The molecule has 0 aromatic heterocycles. The van der Waals surface area contributed by atoms with Crippen LogP contribution in [0.25, 0.3) is 0 Å². The third-order valence-electron chi connectivity index (χ3n) is 16.7. The molecule has 21 atom stereocenters. The van der Waals surface area contributed by atoms with Gasteiger partial charge in [0.25, 0.3) is 0 Å². The second-order valence-corrected chi connectivity index (χ2v) is 20.7. The summed E-state index contributed by atoms with van der Waals surface area (Å²) in [6, 6.07) is 0. The Morgan fingerprint density at radius 2 is 1.29 bits per heavy atom. The van der Waals surface area contributed by atoms with Gasteiger partial charge in [-0.05, 0) is 111 Å². The van der Waals surface area contributed by atoms with Gasteiger partial charge >= 0.3 is 0 Å². The molecule has 4 saturated carbocycles. The number of aliphatic hydroxyl groups excluding tert-OH is 10. The zero-order valence-corrected chi connectivity index (χ0v) is 35.3. The van der Waals surface area contributed by atoms with E-state index >= 15 is 0 Å². The molecule has 4 aliphatic carbocycles. The first-order chi connectivity index (χ1) is 26.9. The van der Waals surface area contributed by atoms with E-state index in [1.807, 2.05) is 20.8 Å². The van der Waals surface area contributed by atoms with E-state index < -0.39 is 132 Å². The van der Waals surface area contributed by atoms with Gasteiger partial charge in [0, 0.05) is 0 Å². The van der Waals surface area contributed by atoms with Crippen LogP contribution in [-0.2, 0) is 23.8 Å². The predicted octanol–water partition coefficient (Wildman–Crippen LogP) is 0.588. The van der Waals surface area contributed by atoms with Crippen molar-refractivity contribution >= 4 is 0 Å². The maximum Gasteiger partial charge on any atom is 0.187 e. The lowest BCUT2D eigenvalue weighted by molar-refractivity contribution is -0.349. The summed E-state index contributed by atoms with van der Waals surface area (Å²) in [6.45, 7) is 14.6. The molecular formula is C42H72O16. The largest absolute Gasteiger partial charge is 0.394 e. The van der Waals surface area contributed by atoms with Crippen molar-refractivity contribution < 1.29 is 80.2 Å². The Balaban J connectivity index is 1.40. The highest BCUT2D eigenvalue weighted by Crippen LogP contribution is 2.76. The molecule has 6 rings (SSSR count). The van der Waals surface area contributed by atoms with Crippen molar-refractivity contribution in [3.8, 4) is 0 Å². The Bertz CT molecular complexity index is 1460. The lowest BCUT2D eigenvalue weighted by Gasteiger charge is -2.72. The molecule has 2 aliphatic heterocycles. The smallest absolute Gasteiger partial charge is 0.187 e. The van der Waals surface area contributed by atoms with Crippen molar-refractivity contribution in [2.24, 2.45) is 45.3 Å². The van der Waals surface area contributed by atoms with Crippen molar-refractivity contribution in [1.29, 1.82) is 0 Å². The van der Waals surface area contributed by atoms with E-state index in [4.69, 9.17) is 18.9 Å². The van der Waals surface area contributed by atoms with Gasteiger partial charge in [0.2, 0.25) is 0 Å². The number of hydrogen-bond acceptors (Lipinski definition) is 16. The van der Waals surface area contributed by atoms with Crippen LogP contribution in [0.3, 0.4) is 0 Å². The average molecular weight is 833 g/mol. The molecule has 0 amide bonds. The Morgan fingerprint density at radius 3 is 1.86 bits per heavy atom. The van der Waals surface area contributed by atoms with Crippen LogP contribution in [0.5, 0.6) is 0 Å². The van der Waals surface area contributed by atoms with E-state index in [1.165, 1.54) is 0 Å². The summed E-state index contributed by atoms with van der Waals surface area (Å²) in [5, 5.41) is 118. The van der Waals surface area contributed by atoms with Crippen molar-refractivity contribution in [2.75, 3.05) is 13.2 Å². The van der Waals surface area contributed by atoms with Gasteiger partial charge in [0.1, 0.15) is 54.4 Å². The molecule has 0 bridgehead atoms. The molecule has 336 valence electrons. The van der Waals surface area contributed by atoms with Crippen molar-refractivity contribution in [3.05, 3.63) is 12.2 Å². The normalized spacial score (nSPS) is 51.8. The maximum atomic E-state index is 12.6. The fourth-order valence-electron chi connectivity index (χ4n) is 13.4. The Morgan fingerprint density at radius 1 is 0.724 bits per heavy atom. The standard InChI is InChI=1S/C42H72O16/c1-37(2,58-53)12-9-13-42(8,57-36-33(52)31(50)29(48)24(19-44)56-36)20-10-15-40(6)27(20)21(45)16-25-39(5)14-11-26(46)38(3,4)34(39)22(17-41(25,40)7)54-35-32(51)30(49)28(47)23(18-43)55-35/h9,12,20-36,43-53H,10-11,13-19H2,1-8H3/b12-9+/t20-,21+,22-,23+,24+,25+,26-,27-,28+,29+,30-,31-,32+,33+,34-,35+,36-,39+,40+,41+,42-/m0/s1. The first-order valence-electron chi connectivity index (χ1n) is 21.2. The fraction of sp³-hybridized carbons (Fsp3) is 0.952. The summed E-state index contributed by atoms with van der Waals surface area (Å²) >= 11 is 0. The molecular weight excluding hydrogens is 760 g/mol. The number of rotatable bonds is 11. The Hall–Kier alpha value is -0.900. The number of fused-ring (bicyclic) bond motifs is 5. The summed E-state index contributed by atoms with van der Waals surface area (Å²) < 4.78 is 25.3. The molecule has 2 saturated heterocycles. The lowest BCUT2D eigenvalue weighted by Crippen LogP contribution is -2.71. The number of ether oxygens (including phenoxy) is 4. The van der Waals surface area contributed by atoms with Crippen LogP contribution in [-0.4, -0.2) is 160 Å². The zero-order chi connectivity index (χ0) is 43.1. The van der Waals surface area contributed by atoms with Crippen molar-refractivity contribution in [2.45, 2.75) is 191 Å². The third-order valence-corrected chi connectivity index (χ3v) is 16.7. The van der Waals surface area contributed by atoms with Gasteiger partial charge in [0.15, 0.2) is 12.6 Å². The minimum absolute atomic E-state index is 0.0542. The highest BCUT2D eigenvalue weighted by atomic mass is 17.1. The van der Waals surface area contributed by atoms with E-state index in [9.17, 15) is 56.3 Å². The van der Waals surface area contributed by atoms with E-state index in [2.05, 4.69) is 25.7 Å². The van der Waals surface area contributed by atoms with Gasteiger partial charge in [-0.25, -0.2) is 4.89 Å². The SMILES string of the molecule is CC(C)(/C=C/C[C@](C)(O[C@@H]1O[C@H](CO)[C@@H](O)[C@H](O)[C@H]1O)[C@H]1CC[C@]2(C)[C@@H]1[C@H](O)C[C@@H]1[C@@]3(C)CC[C@H](O)C(C)(C)[C@@H]3[C@@H](O[C@@H]3O[C@H](CO)[C@@H](O)[C@H](O)[C@H]3O)C[C@]12C)OO. The number of aliphatic hydroxyl groups is 10. The molecule has 16 nitrogen and oxygen atoms in total. The molecule has 6 fully saturated rings. The molecule has 58 heavy (non-hydrogen) atoms. The third kappa shape index (κ3) is 7.45. The van der Waals surface area contributed by atoms with E-state index in [-0.39, 0.29) is 24.2 Å². The lowest BCUT2D eigenvalue weighted by atomic mass is 9.34. The highest BCUT2D eigenvalue weighted by molar-refractivity contribution is 5.22. The molecule has 0 aromatic rings. The van der Waals surface area contributed by atoms with Gasteiger partial charge < -0.3 is 70.0 Å². The van der Waals surface area contributed by atoms with Crippen LogP contribution in [0.1, 0.15) is 100 Å². The Kier molecular flexibility index (Phi) is 13.1. The molecule has 6 aliphatic rings. The minimum Gasteiger partial charge on any atom is -0.394 e. The number of hydrogen-bond donors (Lipinski definition) is 11. The summed E-state index contributed by atoms with van der Waals surface area (Å²) in [4.78, 5) is 4.65. The van der Waals surface area contributed by atoms with Gasteiger partial charge in [-0.2, -0.15) is 0 Å². The fourth-order valence-corrected chi connectivity index (χ4v) is 13.4. The molecule has 16 heteroatoms. The predicted molar refractivity (Wildman–Crippen MR) is 205 cm³/mol. The molecule has 0 radical (unpaired) electrons. The Labute approximate surface area is 341 Å². The van der Waals surface area contributed by atoms with Crippen LogP contribution in [0.2, 0.25) is 0 Å². The van der Waals surface area contributed by atoms with Gasteiger partial charge in [0.05, 0.1) is 37.1 Å². The van der Waals surface area contributed by atoms with Crippen LogP contribution in [0, 0.1) is 45.3 Å². The average Bonchev–Trinajstić information content (AvgIpc) is 3.55. The highest BCUT2D eigenvalue weighted by Gasteiger charge is 2.74. The second kappa shape index (κ2) is 16.3. The van der Waals surface area contributed by atoms with E-state index in [1.54, 1.807) is 26.0 Å². The van der Waals surface area contributed by atoms with E-state index in [0.717, 1.165) is 0 Å². The zero-order valence-electron chi connectivity index (χ0n) is 35.3.